The van der Waals surface area contributed by atoms with Crippen LogP contribution in [-0.4, -0.2) is 69.2 Å². The first kappa shape index (κ1) is 15.8. The number of amides is 1. The third-order valence-corrected chi connectivity index (χ3v) is 4.17. The van der Waals surface area contributed by atoms with Crippen LogP contribution in [0.25, 0.3) is 0 Å². The van der Waals surface area contributed by atoms with Crippen molar-refractivity contribution >= 4 is 12.0 Å². The summed E-state index contributed by atoms with van der Waals surface area (Å²) in [6.07, 6.45) is -3.73. The summed E-state index contributed by atoms with van der Waals surface area (Å²) in [5.41, 5.74) is -0.984. The first-order chi connectivity index (χ1) is 10.8. The molecule has 10 heteroatoms. The Bertz CT molecular complexity index is 597. The van der Waals surface area contributed by atoms with Crippen LogP contribution >= 0.6 is 0 Å². The summed E-state index contributed by atoms with van der Waals surface area (Å²) < 4.78 is 38.0. The fourth-order valence-corrected chi connectivity index (χ4v) is 3.09. The smallest absolute Gasteiger partial charge is 0.433 e. The normalized spacial score (nSPS) is 25.3. The lowest BCUT2D eigenvalue weighted by atomic mass is 10.1. The zero-order valence-electron chi connectivity index (χ0n) is 12.1. The summed E-state index contributed by atoms with van der Waals surface area (Å²) in [6, 6.07) is 0.800. The molecule has 7 nitrogen and oxygen atoms in total. The number of nitrogens with zero attached hydrogens (tertiary/aromatic N) is 4. The number of carboxylic acid groups (broad SMARTS) is 1. The summed E-state index contributed by atoms with van der Waals surface area (Å²) in [4.78, 5) is 21.9. The molecule has 0 radical (unpaired) electrons. The van der Waals surface area contributed by atoms with Crippen LogP contribution < -0.4 is 5.32 Å². The van der Waals surface area contributed by atoms with E-state index in [-0.39, 0.29) is 18.0 Å². The van der Waals surface area contributed by atoms with E-state index >= 15 is 0 Å². The standard InChI is InChI=1S/C13H16F3N5O2/c14-13(15,16)10-1-2-17-11(19-10)18-8-5-9-7-21(12(22)23)4-3-20(9)6-8/h1-2,8-9H,3-7H2,(H,22,23)(H,17,18,19)/t8-,9-/m0/s1. The Morgan fingerprint density at radius 3 is 2.83 bits per heavy atom. The van der Waals surface area contributed by atoms with Gasteiger partial charge in [0, 0.05) is 44.5 Å². The lowest BCUT2D eigenvalue weighted by Gasteiger charge is -2.35. The van der Waals surface area contributed by atoms with Gasteiger partial charge in [-0.05, 0) is 12.5 Å². The van der Waals surface area contributed by atoms with Gasteiger partial charge in [0.1, 0.15) is 5.69 Å². The van der Waals surface area contributed by atoms with Gasteiger partial charge in [-0.15, -0.1) is 0 Å². The van der Waals surface area contributed by atoms with Crippen molar-refractivity contribution in [3.63, 3.8) is 0 Å². The molecule has 1 amide bonds. The van der Waals surface area contributed by atoms with Gasteiger partial charge >= 0.3 is 12.3 Å². The van der Waals surface area contributed by atoms with Gasteiger partial charge in [-0.25, -0.2) is 14.8 Å². The number of nitrogens with one attached hydrogen (secondary N) is 1. The summed E-state index contributed by atoms with van der Waals surface area (Å²) in [7, 11) is 0. The van der Waals surface area contributed by atoms with Crippen molar-refractivity contribution in [3.05, 3.63) is 18.0 Å². The van der Waals surface area contributed by atoms with E-state index in [1.807, 2.05) is 0 Å². The maximum absolute atomic E-state index is 12.7. The molecule has 2 aliphatic rings. The molecule has 23 heavy (non-hydrogen) atoms. The molecule has 2 saturated heterocycles. The summed E-state index contributed by atoms with van der Waals surface area (Å²) >= 11 is 0. The molecule has 1 aromatic heterocycles. The second-order valence-corrected chi connectivity index (χ2v) is 5.72. The fourth-order valence-electron chi connectivity index (χ4n) is 3.09. The highest BCUT2D eigenvalue weighted by Gasteiger charge is 2.38. The number of hydrogen-bond donors (Lipinski definition) is 2. The van der Waals surface area contributed by atoms with E-state index < -0.39 is 18.0 Å². The highest BCUT2D eigenvalue weighted by atomic mass is 19.4. The fraction of sp³-hybridized carbons (Fsp3) is 0.615. The van der Waals surface area contributed by atoms with E-state index in [0.717, 1.165) is 12.3 Å². The molecule has 0 aromatic carbocycles. The highest BCUT2D eigenvalue weighted by molar-refractivity contribution is 5.65. The quantitative estimate of drug-likeness (QED) is 0.851. The van der Waals surface area contributed by atoms with Gasteiger partial charge in [0.2, 0.25) is 5.95 Å². The Morgan fingerprint density at radius 2 is 2.13 bits per heavy atom. The van der Waals surface area contributed by atoms with Crippen LogP contribution in [0, 0.1) is 0 Å². The molecule has 0 aliphatic carbocycles. The van der Waals surface area contributed by atoms with Crippen molar-refractivity contribution < 1.29 is 23.1 Å². The minimum atomic E-state index is -4.51. The minimum Gasteiger partial charge on any atom is -0.465 e. The summed E-state index contributed by atoms with van der Waals surface area (Å²) in [5, 5.41) is 12.0. The number of halogens is 3. The Kier molecular flexibility index (Phi) is 4.00. The van der Waals surface area contributed by atoms with Crippen LogP contribution in [0.5, 0.6) is 0 Å². The largest absolute Gasteiger partial charge is 0.465 e. The number of anilines is 1. The van der Waals surface area contributed by atoms with Gasteiger partial charge in [-0.1, -0.05) is 0 Å². The highest BCUT2D eigenvalue weighted by Crippen LogP contribution is 2.28. The summed E-state index contributed by atoms with van der Waals surface area (Å²) in [6.45, 7) is 2.12. The van der Waals surface area contributed by atoms with Gasteiger partial charge in [0.15, 0.2) is 0 Å². The van der Waals surface area contributed by atoms with E-state index in [1.54, 1.807) is 0 Å². The van der Waals surface area contributed by atoms with Crippen LogP contribution in [0.3, 0.4) is 0 Å². The number of alkyl halides is 3. The number of piperazine rings is 1. The third-order valence-electron chi connectivity index (χ3n) is 4.17. The number of rotatable bonds is 2. The lowest BCUT2D eigenvalue weighted by Crippen LogP contribution is -2.51. The van der Waals surface area contributed by atoms with Crippen molar-refractivity contribution in [1.82, 2.24) is 19.8 Å². The Hall–Kier alpha value is -2.10. The molecule has 2 fully saturated rings. The first-order valence-corrected chi connectivity index (χ1v) is 7.21. The Morgan fingerprint density at radius 1 is 1.35 bits per heavy atom. The van der Waals surface area contributed by atoms with Gasteiger partial charge in [-0.3, -0.25) is 4.90 Å². The van der Waals surface area contributed by atoms with E-state index in [2.05, 4.69) is 20.2 Å². The third kappa shape index (κ3) is 3.46. The van der Waals surface area contributed by atoms with Crippen molar-refractivity contribution in [2.24, 2.45) is 0 Å². The molecule has 2 aliphatic heterocycles. The van der Waals surface area contributed by atoms with Crippen molar-refractivity contribution in [2.75, 3.05) is 31.5 Å². The van der Waals surface area contributed by atoms with Crippen LogP contribution in [0.1, 0.15) is 12.1 Å². The van der Waals surface area contributed by atoms with E-state index in [4.69, 9.17) is 5.11 Å². The lowest BCUT2D eigenvalue weighted by molar-refractivity contribution is -0.141. The molecular formula is C13H16F3N5O2. The monoisotopic (exact) mass is 331 g/mol. The van der Waals surface area contributed by atoms with Crippen molar-refractivity contribution in [1.29, 1.82) is 0 Å². The average Bonchev–Trinajstić information content (AvgIpc) is 2.87. The molecule has 0 unspecified atom stereocenters. The molecule has 126 valence electrons. The SMILES string of the molecule is O=C(O)N1CCN2C[C@@H](Nc3nccc(C(F)(F)F)n3)C[C@H]2C1. The minimum absolute atomic E-state index is 0.0558. The van der Waals surface area contributed by atoms with Crippen molar-refractivity contribution in [2.45, 2.75) is 24.7 Å². The van der Waals surface area contributed by atoms with Crippen LogP contribution in [0.2, 0.25) is 0 Å². The van der Waals surface area contributed by atoms with Gasteiger partial charge in [-0.2, -0.15) is 13.2 Å². The topological polar surface area (TPSA) is 81.6 Å². The van der Waals surface area contributed by atoms with Crippen LogP contribution in [0.15, 0.2) is 12.3 Å². The molecule has 2 N–H and O–H groups in total. The van der Waals surface area contributed by atoms with Gasteiger partial charge < -0.3 is 15.3 Å². The average molecular weight is 331 g/mol. The number of aromatic nitrogens is 2. The molecule has 0 bridgehead atoms. The number of carbonyl (C=O) groups is 1. The molecule has 1 aromatic rings. The van der Waals surface area contributed by atoms with Gasteiger partial charge in [0.05, 0.1) is 0 Å². The van der Waals surface area contributed by atoms with E-state index in [0.29, 0.717) is 32.6 Å². The summed E-state index contributed by atoms with van der Waals surface area (Å²) in [5.74, 6) is -0.0558. The number of hydrogen-bond acceptors (Lipinski definition) is 5. The molecule has 0 spiro atoms. The zero-order valence-corrected chi connectivity index (χ0v) is 12.1. The Balaban J connectivity index is 1.63. The molecule has 0 saturated carbocycles. The molecule has 2 atom stereocenters. The zero-order chi connectivity index (χ0) is 16.6. The first-order valence-electron chi connectivity index (χ1n) is 7.21. The Labute approximate surface area is 130 Å². The molecule has 3 heterocycles. The second kappa shape index (κ2) is 5.84. The van der Waals surface area contributed by atoms with E-state index in [9.17, 15) is 18.0 Å². The number of fused-ring (bicyclic) bond motifs is 1. The van der Waals surface area contributed by atoms with Crippen LogP contribution in [-0.2, 0) is 6.18 Å². The van der Waals surface area contributed by atoms with E-state index in [1.165, 1.54) is 4.90 Å². The molecular weight excluding hydrogens is 315 g/mol. The second-order valence-electron chi connectivity index (χ2n) is 5.72. The maximum atomic E-state index is 12.7. The van der Waals surface area contributed by atoms with Crippen LogP contribution in [0.4, 0.5) is 23.9 Å². The predicted octanol–water partition coefficient (Wildman–Crippen LogP) is 1.34. The van der Waals surface area contributed by atoms with Gasteiger partial charge in [0.25, 0.3) is 0 Å². The van der Waals surface area contributed by atoms with Crippen molar-refractivity contribution in [3.8, 4) is 0 Å². The predicted molar refractivity (Wildman–Crippen MR) is 74.0 cm³/mol. The molecule has 3 rings (SSSR count). The maximum Gasteiger partial charge on any atom is 0.433 e.